The fraction of sp³-hybridized carbons (Fsp3) is 0.194. The van der Waals surface area contributed by atoms with Gasteiger partial charge >= 0.3 is 5.97 Å². The third kappa shape index (κ3) is 5.62. The average molecular weight is 667 g/mol. The highest BCUT2D eigenvalue weighted by Gasteiger charge is 2.33. The molecule has 0 aliphatic carbocycles. The third-order valence-electron chi connectivity index (χ3n) is 6.41. The lowest BCUT2D eigenvalue weighted by atomic mass is 9.96. The lowest BCUT2D eigenvalue weighted by molar-refractivity contribution is -0.139. The van der Waals surface area contributed by atoms with Crippen molar-refractivity contribution in [1.82, 2.24) is 4.57 Å². The molecule has 3 aromatic carbocycles. The van der Waals surface area contributed by atoms with Crippen LogP contribution in [0.3, 0.4) is 0 Å². The van der Waals surface area contributed by atoms with Crippen molar-refractivity contribution in [3.05, 3.63) is 124 Å². The molecule has 1 atom stereocenters. The molecular formula is C31H27IN2O5S. The van der Waals surface area contributed by atoms with Gasteiger partial charge in [-0.15, -0.1) is 0 Å². The van der Waals surface area contributed by atoms with Gasteiger partial charge in [-0.3, -0.25) is 9.36 Å². The number of ether oxygens (including phenoxy) is 3. The second-order valence-electron chi connectivity index (χ2n) is 9.02. The van der Waals surface area contributed by atoms with Gasteiger partial charge in [0.15, 0.2) is 16.3 Å². The van der Waals surface area contributed by atoms with Crippen molar-refractivity contribution >= 4 is 46.0 Å². The van der Waals surface area contributed by atoms with Gasteiger partial charge in [0.05, 0.1) is 39.1 Å². The summed E-state index contributed by atoms with van der Waals surface area (Å²) in [5, 5.41) is 0. The van der Waals surface area contributed by atoms with Crippen LogP contribution in [-0.4, -0.2) is 24.3 Å². The minimum absolute atomic E-state index is 0.229. The molecule has 2 heterocycles. The van der Waals surface area contributed by atoms with Crippen LogP contribution < -0.4 is 24.4 Å². The molecule has 0 amide bonds. The number of aromatic nitrogens is 1. The van der Waals surface area contributed by atoms with E-state index in [0.29, 0.717) is 38.7 Å². The van der Waals surface area contributed by atoms with Gasteiger partial charge in [0.2, 0.25) is 0 Å². The summed E-state index contributed by atoms with van der Waals surface area (Å²) in [5.41, 5.74) is 3.32. The summed E-state index contributed by atoms with van der Waals surface area (Å²) in [6, 6.07) is 22.6. The predicted molar refractivity (Wildman–Crippen MR) is 163 cm³/mol. The number of halogens is 1. The molecule has 1 aromatic heterocycles. The first kappa shape index (κ1) is 27.9. The number of fused-ring (bicyclic) bond motifs is 1. The van der Waals surface area contributed by atoms with E-state index in [4.69, 9.17) is 14.2 Å². The van der Waals surface area contributed by atoms with Gasteiger partial charge in [-0.25, -0.2) is 9.79 Å². The van der Waals surface area contributed by atoms with Gasteiger partial charge < -0.3 is 14.2 Å². The van der Waals surface area contributed by atoms with Crippen molar-refractivity contribution in [3.8, 4) is 11.5 Å². The number of hydrogen-bond donors (Lipinski definition) is 0. The fourth-order valence-corrected chi connectivity index (χ4v) is 6.41. The van der Waals surface area contributed by atoms with E-state index >= 15 is 0 Å². The van der Waals surface area contributed by atoms with Crippen LogP contribution in [-0.2, 0) is 16.1 Å². The van der Waals surface area contributed by atoms with Crippen molar-refractivity contribution < 1.29 is 19.0 Å². The number of thiazole rings is 1. The number of hydrogen-bond acceptors (Lipinski definition) is 7. The topological polar surface area (TPSA) is 79.1 Å². The zero-order chi connectivity index (χ0) is 28.2. The maximum absolute atomic E-state index is 13.8. The van der Waals surface area contributed by atoms with Crippen LogP contribution in [0.2, 0.25) is 0 Å². The average Bonchev–Trinajstić information content (AvgIpc) is 3.26. The molecule has 1 aliphatic heterocycles. The smallest absolute Gasteiger partial charge is 0.338 e. The first-order chi connectivity index (χ1) is 19.4. The van der Waals surface area contributed by atoms with E-state index in [9.17, 15) is 9.59 Å². The summed E-state index contributed by atoms with van der Waals surface area (Å²) >= 11 is 3.50. The molecule has 0 bridgehead atoms. The number of allylic oxidation sites excluding steroid dienone is 1. The summed E-state index contributed by atoms with van der Waals surface area (Å²) in [7, 11) is 1.60. The second-order valence-corrected chi connectivity index (χ2v) is 11.2. The van der Waals surface area contributed by atoms with Crippen LogP contribution >= 0.6 is 33.9 Å². The van der Waals surface area contributed by atoms with Crippen molar-refractivity contribution in [1.29, 1.82) is 0 Å². The summed E-state index contributed by atoms with van der Waals surface area (Å²) in [4.78, 5) is 32.0. The number of rotatable bonds is 8. The lowest BCUT2D eigenvalue weighted by Gasteiger charge is -2.24. The van der Waals surface area contributed by atoms with Crippen LogP contribution in [0.5, 0.6) is 11.5 Å². The number of esters is 1. The number of nitrogens with zero attached hydrogens (tertiary/aromatic N) is 2. The van der Waals surface area contributed by atoms with Crippen LogP contribution in [0.25, 0.3) is 6.08 Å². The Morgan fingerprint density at radius 3 is 2.48 bits per heavy atom. The molecule has 0 N–H and O–H groups in total. The van der Waals surface area contributed by atoms with E-state index in [1.807, 2.05) is 78.9 Å². The van der Waals surface area contributed by atoms with Gasteiger partial charge in [-0.05, 0) is 71.3 Å². The molecule has 0 fully saturated rings. The standard InChI is InChI=1S/C31H27IN2O5S/c1-4-38-30(36)26-19(2)33-31-34(27(26)22-13-9-6-10-14-22)29(35)25(40-31)17-21-15-23(32)28(24(16-21)37-3)39-18-20-11-7-5-8-12-20/h5-17,27H,4,18H2,1-3H3/b25-17-. The van der Waals surface area contributed by atoms with E-state index in [2.05, 4.69) is 27.6 Å². The largest absolute Gasteiger partial charge is 0.493 e. The lowest BCUT2D eigenvalue weighted by Crippen LogP contribution is -2.39. The van der Waals surface area contributed by atoms with Crippen molar-refractivity contribution in [2.75, 3.05) is 13.7 Å². The fourth-order valence-electron chi connectivity index (χ4n) is 4.59. The van der Waals surface area contributed by atoms with Crippen LogP contribution in [0.1, 0.15) is 36.6 Å². The predicted octanol–water partition coefficient (Wildman–Crippen LogP) is 4.99. The molecule has 0 saturated carbocycles. The number of carbonyl (C=O) groups is 1. The van der Waals surface area contributed by atoms with Crippen LogP contribution in [0, 0.1) is 3.57 Å². The van der Waals surface area contributed by atoms with Gasteiger partial charge in [-0.2, -0.15) is 0 Å². The second kappa shape index (κ2) is 12.2. The molecule has 4 aromatic rings. The monoisotopic (exact) mass is 666 g/mol. The highest BCUT2D eigenvalue weighted by Crippen LogP contribution is 2.35. The van der Waals surface area contributed by atoms with E-state index in [1.165, 1.54) is 11.3 Å². The molecule has 1 aliphatic rings. The molecule has 204 valence electrons. The molecule has 40 heavy (non-hydrogen) atoms. The Morgan fingerprint density at radius 2 is 1.80 bits per heavy atom. The van der Waals surface area contributed by atoms with E-state index in [0.717, 1.165) is 20.3 Å². The summed E-state index contributed by atoms with van der Waals surface area (Å²) in [5.74, 6) is 0.742. The molecule has 0 saturated heterocycles. The normalized spacial score (nSPS) is 14.9. The maximum Gasteiger partial charge on any atom is 0.338 e. The zero-order valence-electron chi connectivity index (χ0n) is 22.2. The summed E-state index contributed by atoms with van der Waals surface area (Å²) < 4.78 is 20.0. The Bertz CT molecular complexity index is 1760. The number of methoxy groups -OCH3 is 1. The third-order valence-corrected chi connectivity index (χ3v) is 8.19. The Hall–Kier alpha value is -3.70. The Morgan fingerprint density at radius 1 is 1.10 bits per heavy atom. The highest BCUT2D eigenvalue weighted by molar-refractivity contribution is 14.1. The molecule has 0 spiro atoms. The molecule has 5 rings (SSSR count). The summed E-state index contributed by atoms with van der Waals surface area (Å²) in [6.45, 7) is 4.18. The molecule has 9 heteroatoms. The van der Waals surface area contributed by atoms with Crippen LogP contribution in [0.15, 0.2) is 93.9 Å². The van der Waals surface area contributed by atoms with Crippen molar-refractivity contribution in [3.63, 3.8) is 0 Å². The highest BCUT2D eigenvalue weighted by atomic mass is 127. The van der Waals surface area contributed by atoms with Gasteiger partial charge in [0.1, 0.15) is 6.61 Å². The molecule has 1 unspecified atom stereocenters. The molecular weight excluding hydrogens is 639 g/mol. The molecule has 7 nitrogen and oxygen atoms in total. The van der Waals surface area contributed by atoms with Gasteiger partial charge in [0, 0.05) is 0 Å². The van der Waals surface area contributed by atoms with Gasteiger partial charge in [0.25, 0.3) is 5.56 Å². The van der Waals surface area contributed by atoms with E-state index in [1.54, 1.807) is 25.5 Å². The molecule has 0 radical (unpaired) electrons. The van der Waals surface area contributed by atoms with Crippen LogP contribution in [0.4, 0.5) is 0 Å². The SMILES string of the molecule is CCOC(=O)C1=C(C)N=c2s/c(=C\c3cc(I)c(OCc4ccccc4)c(OC)c3)c(=O)n2C1c1ccccc1. The first-order valence-electron chi connectivity index (χ1n) is 12.7. The minimum atomic E-state index is -0.637. The quantitative estimate of drug-likeness (QED) is 0.196. The Labute approximate surface area is 249 Å². The maximum atomic E-state index is 13.8. The van der Waals surface area contributed by atoms with Crippen molar-refractivity contribution in [2.24, 2.45) is 4.99 Å². The van der Waals surface area contributed by atoms with E-state index in [-0.39, 0.29) is 12.2 Å². The van der Waals surface area contributed by atoms with Crippen molar-refractivity contribution in [2.45, 2.75) is 26.5 Å². The Kier molecular flexibility index (Phi) is 8.51. The van der Waals surface area contributed by atoms with E-state index < -0.39 is 12.0 Å². The number of benzene rings is 3. The number of carbonyl (C=O) groups excluding carboxylic acids is 1. The zero-order valence-corrected chi connectivity index (χ0v) is 25.2. The first-order valence-corrected chi connectivity index (χ1v) is 14.6. The van der Waals surface area contributed by atoms with Gasteiger partial charge in [-0.1, -0.05) is 72.0 Å². The minimum Gasteiger partial charge on any atom is -0.493 e. The summed E-state index contributed by atoms with van der Waals surface area (Å²) in [6.07, 6.45) is 1.82. The Balaban J connectivity index is 1.58.